The van der Waals surface area contributed by atoms with Crippen molar-refractivity contribution >= 4 is 51.6 Å². The van der Waals surface area contributed by atoms with Crippen LogP contribution in [0.25, 0.3) is 0 Å². The molecule has 2 aliphatic rings. The van der Waals surface area contributed by atoms with Gasteiger partial charge in [-0.2, -0.15) is 24.9 Å². The molecule has 0 fully saturated rings. The highest BCUT2D eigenvalue weighted by Gasteiger charge is 2.35. The van der Waals surface area contributed by atoms with E-state index in [1.807, 2.05) is 0 Å². The molecule has 11 heteroatoms. The van der Waals surface area contributed by atoms with E-state index in [-0.39, 0.29) is 11.7 Å². The number of aromatic nitrogens is 2. The minimum absolute atomic E-state index is 0.0580. The number of fused-ring (bicyclic) bond motifs is 1. The van der Waals surface area contributed by atoms with Crippen LogP contribution in [-0.4, -0.2) is 51.7 Å². The van der Waals surface area contributed by atoms with Crippen LogP contribution in [0.4, 0.5) is 5.82 Å². The van der Waals surface area contributed by atoms with Gasteiger partial charge in [0.25, 0.3) is 17.8 Å². The van der Waals surface area contributed by atoms with Gasteiger partial charge in [-0.25, -0.2) is 0 Å². The summed E-state index contributed by atoms with van der Waals surface area (Å²) in [4.78, 5) is 32.9. The molecule has 26 heavy (non-hydrogen) atoms. The second kappa shape index (κ2) is 6.02. The molecule has 0 saturated carbocycles. The van der Waals surface area contributed by atoms with Crippen molar-refractivity contribution < 1.29 is 14.0 Å². The third kappa shape index (κ3) is 2.75. The standard InChI is InChI=1S/C15H12BrN7O3/c1-7-5-11(18-14(25)9-3-4-10(16)26-9)23(21-7)15-19-12-8(13(24)20-15)6-17-22(12)2/h3-6,8H,1-2H3,(H,18,25). The van der Waals surface area contributed by atoms with Gasteiger partial charge in [-0.05, 0) is 35.0 Å². The monoisotopic (exact) mass is 417 g/mol. The zero-order valence-corrected chi connectivity index (χ0v) is 15.3. The van der Waals surface area contributed by atoms with Crippen molar-refractivity contribution in [3.8, 4) is 0 Å². The molecule has 1 unspecified atom stereocenters. The number of nitrogens with zero attached hydrogens (tertiary/aromatic N) is 6. The number of furan rings is 1. The molecule has 2 aromatic rings. The van der Waals surface area contributed by atoms with Gasteiger partial charge >= 0.3 is 0 Å². The van der Waals surface area contributed by atoms with E-state index in [0.29, 0.717) is 22.0 Å². The van der Waals surface area contributed by atoms with Crippen molar-refractivity contribution in [3.05, 3.63) is 34.3 Å². The molecule has 0 aliphatic carbocycles. The number of carbonyl (C=O) groups excluding carboxylic acids is 2. The SMILES string of the molecule is Cc1cc(NC(=O)c2ccc(Br)o2)n(C2=NC(=O)C3C=NN(C)C3=N2)n1. The Morgan fingerprint density at radius 1 is 1.35 bits per heavy atom. The van der Waals surface area contributed by atoms with E-state index in [9.17, 15) is 9.59 Å². The Balaban J connectivity index is 1.67. The number of anilines is 1. The smallest absolute Gasteiger partial charge is 0.292 e. The zero-order chi connectivity index (χ0) is 18.4. The molecule has 1 atom stereocenters. The van der Waals surface area contributed by atoms with Crippen LogP contribution in [0.3, 0.4) is 0 Å². The molecule has 0 bridgehead atoms. The Labute approximate surface area is 155 Å². The Morgan fingerprint density at radius 3 is 2.88 bits per heavy atom. The first-order valence-electron chi connectivity index (χ1n) is 7.55. The van der Waals surface area contributed by atoms with E-state index >= 15 is 0 Å². The molecule has 0 aromatic carbocycles. The highest BCUT2D eigenvalue weighted by molar-refractivity contribution is 9.10. The zero-order valence-electron chi connectivity index (χ0n) is 13.7. The summed E-state index contributed by atoms with van der Waals surface area (Å²) < 4.78 is 6.98. The molecule has 2 aromatic heterocycles. The number of nitrogens with one attached hydrogen (secondary N) is 1. The summed E-state index contributed by atoms with van der Waals surface area (Å²) in [5, 5.41) is 12.5. The number of hydrazone groups is 1. The maximum Gasteiger partial charge on any atom is 0.292 e. The van der Waals surface area contributed by atoms with Crippen molar-refractivity contribution in [3.63, 3.8) is 0 Å². The summed E-state index contributed by atoms with van der Waals surface area (Å²) in [6.07, 6.45) is 1.49. The van der Waals surface area contributed by atoms with E-state index in [0.717, 1.165) is 0 Å². The lowest BCUT2D eigenvalue weighted by Gasteiger charge is -2.17. The quantitative estimate of drug-likeness (QED) is 0.793. The van der Waals surface area contributed by atoms with Crippen molar-refractivity contribution in [2.75, 3.05) is 12.4 Å². The van der Waals surface area contributed by atoms with E-state index in [2.05, 4.69) is 41.4 Å². The van der Waals surface area contributed by atoms with Crippen molar-refractivity contribution in [1.29, 1.82) is 0 Å². The number of hydrogen-bond acceptors (Lipinski definition) is 7. The van der Waals surface area contributed by atoms with Crippen LogP contribution in [-0.2, 0) is 4.79 Å². The minimum Gasteiger partial charge on any atom is -0.444 e. The van der Waals surface area contributed by atoms with E-state index < -0.39 is 17.7 Å². The summed E-state index contributed by atoms with van der Waals surface area (Å²) in [7, 11) is 1.69. The van der Waals surface area contributed by atoms with E-state index in [4.69, 9.17) is 4.42 Å². The average Bonchev–Trinajstić information content (AvgIpc) is 3.28. The molecular weight excluding hydrogens is 406 g/mol. The van der Waals surface area contributed by atoms with Gasteiger partial charge in [0.05, 0.1) is 5.69 Å². The molecule has 2 amide bonds. The van der Waals surface area contributed by atoms with Gasteiger partial charge in [0.15, 0.2) is 10.4 Å². The fraction of sp³-hybridized carbons (Fsp3) is 0.200. The van der Waals surface area contributed by atoms with Crippen molar-refractivity contribution in [2.24, 2.45) is 21.0 Å². The first kappa shape index (κ1) is 16.4. The maximum atomic E-state index is 12.3. The predicted molar refractivity (Wildman–Crippen MR) is 96.3 cm³/mol. The number of hydrogen-bond donors (Lipinski definition) is 1. The third-order valence-electron chi connectivity index (χ3n) is 3.75. The first-order valence-corrected chi connectivity index (χ1v) is 8.34. The number of rotatable bonds is 2. The van der Waals surface area contributed by atoms with Crippen molar-refractivity contribution in [2.45, 2.75) is 6.92 Å². The summed E-state index contributed by atoms with van der Waals surface area (Å²) in [5.74, 6) is -0.484. The van der Waals surface area contributed by atoms with Gasteiger partial charge in [0.2, 0.25) is 0 Å². The summed E-state index contributed by atoms with van der Waals surface area (Å²) in [6, 6.07) is 4.79. The normalized spacial score (nSPS) is 18.7. The van der Waals surface area contributed by atoms with Gasteiger partial charge in [-0.15, -0.1) is 0 Å². The number of aryl methyl sites for hydroxylation is 1. The van der Waals surface area contributed by atoms with Crippen LogP contribution in [0.2, 0.25) is 0 Å². The Bertz CT molecular complexity index is 1020. The average molecular weight is 418 g/mol. The number of amidine groups is 1. The van der Waals surface area contributed by atoms with Crippen LogP contribution < -0.4 is 5.32 Å². The maximum absolute atomic E-state index is 12.3. The van der Waals surface area contributed by atoms with Crippen LogP contribution in [0.5, 0.6) is 0 Å². The fourth-order valence-electron chi connectivity index (χ4n) is 2.56. The van der Waals surface area contributed by atoms with Crippen LogP contribution in [0, 0.1) is 12.8 Å². The van der Waals surface area contributed by atoms with Crippen LogP contribution >= 0.6 is 15.9 Å². The second-order valence-electron chi connectivity index (χ2n) is 5.63. The number of halogens is 1. The molecular formula is C15H12BrN7O3. The molecule has 2 aliphatic heterocycles. The Morgan fingerprint density at radius 2 is 2.15 bits per heavy atom. The summed E-state index contributed by atoms with van der Waals surface area (Å²) in [5.41, 5.74) is 0.620. The number of aliphatic imine (C=N–C) groups is 2. The summed E-state index contributed by atoms with van der Waals surface area (Å²) in [6.45, 7) is 1.75. The topological polar surface area (TPSA) is 117 Å². The van der Waals surface area contributed by atoms with Crippen LogP contribution in [0.15, 0.2) is 42.4 Å². The third-order valence-corrected chi connectivity index (χ3v) is 4.18. The van der Waals surface area contributed by atoms with Gasteiger partial charge in [0, 0.05) is 19.3 Å². The lowest BCUT2D eigenvalue weighted by Crippen LogP contribution is -2.35. The van der Waals surface area contributed by atoms with E-state index in [1.165, 1.54) is 22.0 Å². The van der Waals surface area contributed by atoms with Gasteiger partial charge < -0.3 is 9.73 Å². The molecule has 0 saturated heterocycles. The highest BCUT2D eigenvalue weighted by atomic mass is 79.9. The Kier molecular flexibility index (Phi) is 3.80. The molecule has 132 valence electrons. The highest BCUT2D eigenvalue weighted by Crippen LogP contribution is 2.20. The molecule has 4 rings (SSSR count). The fourth-order valence-corrected chi connectivity index (χ4v) is 2.86. The van der Waals surface area contributed by atoms with Gasteiger partial charge in [0.1, 0.15) is 17.6 Å². The van der Waals surface area contributed by atoms with E-state index in [1.54, 1.807) is 26.1 Å². The predicted octanol–water partition coefficient (Wildman–Crippen LogP) is 1.49. The molecule has 0 radical (unpaired) electrons. The summed E-state index contributed by atoms with van der Waals surface area (Å²) >= 11 is 3.15. The Hall–Kier alpha value is -3.08. The van der Waals surface area contributed by atoms with Gasteiger partial charge in [-0.3, -0.25) is 14.6 Å². The molecule has 4 heterocycles. The van der Waals surface area contributed by atoms with Gasteiger partial charge in [-0.1, -0.05) is 0 Å². The second-order valence-corrected chi connectivity index (χ2v) is 6.41. The van der Waals surface area contributed by atoms with Crippen LogP contribution in [0.1, 0.15) is 16.2 Å². The minimum atomic E-state index is -0.584. The van der Waals surface area contributed by atoms with Crippen molar-refractivity contribution in [1.82, 2.24) is 14.8 Å². The lowest BCUT2D eigenvalue weighted by atomic mass is 10.1. The molecule has 0 spiro atoms. The lowest BCUT2D eigenvalue weighted by molar-refractivity contribution is -0.118. The molecule has 1 N–H and O–H groups in total. The molecule has 10 nitrogen and oxygen atoms in total. The largest absolute Gasteiger partial charge is 0.444 e. The first-order chi connectivity index (χ1) is 12.4. The number of amides is 2. The number of carbonyl (C=O) groups is 2.